The van der Waals surface area contributed by atoms with E-state index in [0.717, 1.165) is 42.9 Å². The normalized spacial score (nSPS) is 19.5. The molecule has 0 bridgehead atoms. The highest BCUT2D eigenvalue weighted by atomic mass is 16.5. The number of methoxy groups -OCH3 is 2. The molecular weight excluding hydrogens is 374 g/mol. The molecule has 1 aliphatic carbocycles. The first-order valence-corrected chi connectivity index (χ1v) is 10.9. The van der Waals surface area contributed by atoms with E-state index in [9.17, 15) is 0 Å². The van der Waals surface area contributed by atoms with Crippen LogP contribution in [0, 0.1) is 0 Å². The van der Waals surface area contributed by atoms with Crippen molar-refractivity contribution < 1.29 is 14.2 Å². The van der Waals surface area contributed by atoms with Crippen LogP contribution >= 0.6 is 0 Å². The molecule has 1 saturated carbocycles. The third kappa shape index (κ3) is 3.29. The molecule has 0 unspecified atom stereocenters. The van der Waals surface area contributed by atoms with Gasteiger partial charge in [0.1, 0.15) is 5.60 Å². The third-order valence-corrected chi connectivity index (χ3v) is 6.73. The van der Waals surface area contributed by atoms with Crippen LogP contribution in [0.15, 0.2) is 54.6 Å². The topological polar surface area (TPSA) is 39.7 Å². The predicted octanol–water partition coefficient (Wildman–Crippen LogP) is 5.78. The van der Waals surface area contributed by atoms with E-state index in [0.29, 0.717) is 5.75 Å². The summed E-state index contributed by atoms with van der Waals surface area (Å²) in [5.41, 5.74) is 2.37. The zero-order chi connectivity index (χ0) is 20.6. The van der Waals surface area contributed by atoms with Gasteiger partial charge in [0, 0.05) is 24.6 Å². The van der Waals surface area contributed by atoms with E-state index in [2.05, 4.69) is 53.8 Å². The van der Waals surface area contributed by atoms with Gasteiger partial charge in [-0.15, -0.1) is 0 Å². The summed E-state index contributed by atoms with van der Waals surface area (Å²) in [6.45, 7) is 0.815. The Balaban J connectivity index is 1.50. The van der Waals surface area contributed by atoms with Gasteiger partial charge in [-0.25, -0.2) is 0 Å². The molecule has 1 N–H and O–H groups in total. The highest BCUT2D eigenvalue weighted by Crippen LogP contribution is 2.52. The first-order chi connectivity index (χ1) is 14.7. The Bertz CT molecular complexity index is 1050. The molecule has 5 rings (SSSR count). The molecule has 3 aromatic carbocycles. The Morgan fingerprint density at radius 3 is 2.57 bits per heavy atom. The quantitative estimate of drug-likeness (QED) is 0.586. The summed E-state index contributed by atoms with van der Waals surface area (Å²) >= 11 is 0. The summed E-state index contributed by atoms with van der Waals surface area (Å²) in [5, 5.41) is 6.44. The van der Waals surface area contributed by atoms with Gasteiger partial charge in [-0.1, -0.05) is 42.5 Å². The molecule has 2 aliphatic rings. The summed E-state index contributed by atoms with van der Waals surface area (Å²) in [6.07, 6.45) is 5.62. The second-order valence-electron chi connectivity index (χ2n) is 8.49. The molecule has 1 aliphatic heterocycles. The number of nitrogens with one attached hydrogen (secondary N) is 1. The molecule has 1 spiro atoms. The Morgan fingerprint density at radius 2 is 1.77 bits per heavy atom. The zero-order valence-corrected chi connectivity index (χ0v) is 17.7. The lowest BCUT2D eigenvalue weighted by molar-refractivity contribution is 0.0330. The highest BCUT2D eigenvalue weighted by Gasteiger charge is 2.44. The molecular formula is C26H29NO3. The Labute approximate surface area is 178 Å². The van der Waals surface area contributed by atoms with Crippen LogP contribution in [-0.2, 0) is 6.54 Å². The smallest absolute Gasteiger partial charge is 0.203 e. The van der Waals surface area contributed by atoms with Gasteiger partial charge in [0.25, 0.3) is 0 Å². The van der Waals surface area contributed by atoms with E-state index in [1.165, 1.54) is 29.2 Å². The number of hydrogen-bond acceptors (Lipinski definition) is 4. The Kier molecular flexibility index (Phi) is 5.03. The van der Waals surface area contributed by atoms with Crippen LogP contribution in [0.1, 0.15) is 49.3 Å². The molecule has 1 fully saturated rings. The van der Waals surface area contributed by atoms with Crippen molar-refractivity contribution in [1.82, 2.24) is 5.32 Å². The van der Waals surface area contributed by atoms with E-state index in [4.69, 9.17) is 14.2 Å². The van der Waals surface area contributed by atoms with E-state index >= 15 is 0 Å². The van der Waals surface area contributed by atoms with E-state index in [1.807, 2.05) is 6.07 Å². The molecule has 156 valence electrons. The van der Waals surface area contributed by atoms with Crippen molar-refractivity contribution in [3.8, 4) is 17.2 Å². The summed E-state index contributed by atoms with van der Waals surface area (Å²) in [5.74, 6) is 2.28. The van der Waals surface area contributed by atoms with Crippen molar-refractivity contribution in [3.63, 3.8) is 0 Å². The highest BCUT2D eigenvalue weighted by molar-refractivity contribution is 5.85. The minimum atomic E-state index is -0.108. The van der Waals surface area contributed by atoms with Crippen LogP contribution in [-0.4, -0.2) is 19.8 Å². The van der Waals surface area contributed by atoms with Gasteiger partial charge in [-0.05, 0) is 54.2 Å². The molecule has 1 heterocycles. The van der Waals surface area contributed by atoms with Crippen LogP contribution in [0.3, 0.4) is 0 Å². The first kappa shape index (κ1) is 19.3. The lowest BCUT2D eigenvalue weighted by atomic mass is 9.85. The van der Waals surface area contributed by atoms with Crippen molar-refractivity contribution in [1.29, 1.82) is 0 Å². The lowest BCUT2D eigenvalue weighted by Gasteiger charge is -2.41. The van der Waals surface area contributed by atoms with Crippen LogP contribution in [0.5, 0.6) is 17.2 Å². The third-order valence-electron chi connectivity index (χ3n) is 6.73. The summed E-state index contributed by atoms with van der Waals surface area (Å²) in [7, 11) is 3.37. The maximum absolute atomic E-state index is 6.65. The number of rotatable bonds is 5. The standard InChI is InChI=1S/C26H29NO3/c1-28-23-13-12-21-22(16-26(14-5-6-15-26)30-24(21)25(23)29-2)27-17-19-10-7-9-18-8-3-4-11-20(18)19/h3-4,7-13,22,27H,5-6,14-17H2,1-2H3/t22-/m1/s1. The van der Waals surface area contributed by atoms with Crippen LogP contribution in [0.4, 0.5) is 0 Å². The average molecular weight is 404 g/mol. The molecule has 4 heteroatoms. The number of fused-ring (bicyclic) bond motifs is 2. The van der Waals surface area contributed by atoms with Crippen molar-refractivity contribution in [2.45, 2.75) is 50.3 Å². The summed E-state index contributed by atoms with van der Waals surface area (Å²) < 4.78 is 17.9. The van der Waals surface area contributed by atoms with Gasteiger partial charge < -0.3 is 19.5 Å². The van der Waals surface area contributed by atoms with Gasteiger partial charge in [-0.2, -0.15) is 0 Å². The molecule has 3 aromatic rings. The van der Waals surface area contributed by atoms with Crippen LogP contribution in [0.2, 0.25) is 0 Å². The average Bonchev–Trinajstić information content (AvgIpc) is 3.23. The van der Waals surface area contributed by atoms with Gasteiger partial charge in [0.15, 0.2) is 11.5 Å². The fourth-order valence-corrected chi connectivity index (χ4v) is 5.22. The fraction of sp³-hybridized carbons (Fsp3) is 0.385. The molecule has 0 saturated heterocycles. The van der Waals surface area contributed by atoms with Crippen molar-refractivity contribution in [2.24, 2.45) is 0 Å². The second kappa shape index (κ2) is 7.84. The van der Waals surface area contributed by atoms with Gasteiger partial charge in [-0.3, -0.25) is 0 Å². The number of benzene rings is 3. The second-order valence-corrected chi connectivity index (χ2v) is 8.49. The minimum Gasteiger partial charge on any atom is -0.493 e. The number of hydrogen-bond donors (Lipinski definition) is 1. The summed E-state index contributed by atoms with van der Waals surface area (Å²) in [6, 6.07) is 19.4. The van der Waals surface area contributed by atoms with E-state index in [-0.39, 0.29) is 11.6 Å². The monoisotopic (exact) mass is 403 g/mol. The van der Waals surface area contributed by atoms with Gasteiger partial charge in [0.05, 0.1) is 14.2 Å². The summed E-state index contributed by atoms with van der Waals surface area (Å²) in [4.78, 5) is 0. The SMILES string of the molecule is COc1ccc2c(c1OC)OC1(CCCC1)C[C@H]2NCc1cccc2ccccc12. The van der Waals surface area contributed by atoms with Gasteiger partial charge >= 0.3 is 0 Å². The minimum absolute atomic E-state index is 0.108. The Morgan fingerprint density at radius 1 is 0.967 bits per heavy atom. The largest absolute Gasteiger partial charge is 0.493 e. The van der Waals surface area contributed by atoms with E-state index < -0.39 is 0 Å². The predicted molar refractivity (Wildman–Crippen MR) is 120 cm³/mol. The van der Waals surface area contributed by atoms with Crippen LogP contribution in [0.25, 0.3) is 10.8 Å². The van der Waals surface area contributed by atoms with Crippen molar-refractivity contribution >= 4 is 10.8 Å². The molecule has 0 radical (unpaired) electrons. The van der Waals surface area contributed by atoms with E-state index in [1.54, 1.807) is 14.2 Å². The maximum atomic E-state index is 6.65. The fourth-order valence-electron chi connectivity index (χ4n) is 5.22. The zero-order valence-electron chi connectivity index (χ0n) is 17.7. The Hall–Kier alpha value is -2.72. The number of ether oxygens (including phenoxy) is 3. The first-order valence-electron chi connectivity index (χ1n) is 10.9. The molecule has 0 aromatic heterocycles. The van der Waals surface area contributed by atoms with Crippen molar-refractivity contribution in [2.75, 3.05) is 14.2 Å². The van der Waals surface area contributed by atoms with Crippen molar-refractivity contribution in [3.05, 3.63) is 65.7 Å². The molecule has 30 heavy (non-hydrogen) atoms. The molecule has 4 nitrogen and oxygen atoms in total. The van der Waals surface area contributed by atoms with Crippen LogP contribution < -0.4 is 19.5 Å². The maximum Gasteiger partial charge on any atom is 0.203 e. The molecule has 0 amide bonds. The van der Waals surface area contributed by atoms with Gasteiger partial charge in [0.2, 0.25) is 5.75 Å². The molecule has 1 atom stereocenters. The lowest BCUT2D eigenvalue weighted by Crippen LogP contribution is -2.42.